The third-order valence-corrected chi connectivity index (χ3v) is 8.02. The van der Waals surface area contributed by atoms with Crippen LogP contribution in [-0.2, 0) is 23.9 Å². The van der Waals surface area contributed by atoms with Crippen molar-refractivity contribution in [1.29, 1.82) is 0 Å². The van der Waals surface area contributed by atoms with Gasteiger partial charge in [-0.15, -0.1) is 6.42 Å². The van der Waals surface area contributed by atoms with E-state index < -0.39 is 17.5 Å². The van der Waals surface area contributed by atoms with Crippen LogP contribution in [0.3, 0.4) is 0 Å². The summed E-state index contributed by atoms with van der Waals surface area (Å²) in [6.45, 7) is 3.36. The molecule has 0 heterocycles. The van der Waals surface area contributed by atoms with Crippen LogP contribution in [0, 0.1) is 40.9 Å². The first-order chi connectivity index (χ1) is 13.2. The Hall–Kier alpha value is -2.22. The molecular weight excluding hydrogens is 356 g/mol. The average molecular weight is 382 g/mol. The summed E-state index contributed by atoms with van der Waals surface area (Å²) in [4.78, 5) is 49.7. The molecule has 28 heavy (non-hydrogen) atoms. The Kier molecular flexibility index (Phi) is 4.37. The second-order valence-corrected chi connectivity index (χ2v) is 9.14. The molecule has 0 aromatic rings. The van der Waals surface area contributed by atoms with Gasteiger partial charge in [-0.3, -0.25) is 19.2 Å². The molecule has 4 rings (SSSR count). The van der Waals surface area contributed by atoms with E-state index in [1.165, 1.54) is 13.0 Å². The fourth-order valence-corrected chi connectivity index (χ4v) is 6.78. The first-order valence-corrected chi connectivity index (χ1v) is 10.2. The fraction of sp³-hybridized carbons (Fsp3) is 0.652. The molecule has 0 saturated heterocycles. The number of fused-ring (bicyclic) bond motifs is 5. The third-order valence-electron chi connectivity index (χ3n) is 8.02. The van der Waals surface area contributed by atoms with E-state index in [2.05, 4.69) is 5.92 Å². The minimum atomic E-state index is -0.873. The molecule has 4 aliphatic rings. The molecule has 0 aromatic heterocycles. The lowest BCUT2D eigenvalue weighted by Crippen LogP contribution is -2.58. The van der Waals surface area contributed by atoms with Crippen LogP contribution in [0.5, 0.6) is 0 Å². The number of ketones is 3. The summed E-state index contributed by atoms with van der Waals surface area (Å²) in [7, 11) is 0. The molecule has 0 amide bonds. The van der Waals surface area contributed by atoms with Crippen LogP contribution < -0.4 is 0 Å². The highest BCUT2D eigenvalue weighted by molar-refractivity contribution is 6.06. The maximum Gasteiger partial charge on any atom is 0.303 e. The van der Waals surface area contributed by atoms with Crippen LogP contribution in [0.25, 0.3) is 0 Å². The van der Waals surface area contributed by atoms with Gasteiger partial charge in [0, 0.05) is 37.2 Å². The Morgan fingerprint density at radius 3 is 2.64 bits per heavy atom. The highest BCUT2D eigenvalue weighted by Crippen LogP contribution is 2.65. The van der Waals surface area contributed by atoms with E-state index in [4.69, 9.17) is 11.2 Å². The van der Waals surface area contributed by atoms with Gasteiger partial charge in [0.1, 0.15) is 5.78 Å². The second kappa shape index (κ2) is 6.40. The number of Topliss-reactive ketones (excluding diaryl/α,β-unsaturated/α-hetero) is 2. The van der Waals surface area contributed by atoms with E-state index in [9.17, 15) is 19.2 Å². The zero-order valence-electron chi connectivity index (χ0n) is 16.5. The van der Waals surface area contributed by atoms with Gasteiger partial charge in [0.2, 0.25) is 0 Å². The number of terminal acetylenes is 1. The smallest absolute Gasteiger partial charge is 0.303 e. The Balaban J connectivity index is 1.85. The first-order valence-electron chi connectivity index (χ1n) is 10.2. The molecule has 0 bridgehead atoms. The van der Waals surface area contributed by atoms with E-state index in [0.29, 0.717) is 37.0 Å². The van der Waals surface area contributed by atoms with Gasteiger partial charge in [0.25, 0.3) is 0 Å². The molecule has 0 aromatic carbocycles. The zero-order valence-corrected chi connectivity index (χ0v) is 16.5. The van der Waals surface area contributed by atoms with Gasteiger partial charge < -0.3 is 4.74 Å². The molecule has 0 spiro atoms. The highest BCUT2D eigenvalue weighted by Gasteiger charge is 2.64. The van der Waals surface area contributed by atoms with E-state index >= 15 is 0 Å². The van der Waals surface area contributed by atoms with Crippen molar-refractivity contribution in [3.8, 4) is 12.3 Å². The van der Waals surface area contributed by atoms with Crippen molar-refractivity contribution in [2.24, 2.45) is 28.6 Å². The maximum absolute atomic E-state index is 13.2. The molecule has 3 fully saturated rings. The molecule has 5 heteroatoms. The lowest BCUT2D eigenvalue weighted by Gasteiger charge is -2.58. The molecule has 0 radical (unpaired) electrons. The SMILES string of the molecule is C#CC(OC(C)=O)[C@]12CCC(=O)C=C1C(=O)C[C@@H]1[C@@H]2CC[C@]2(C)C(=O)CC[C@@H]12. The summed E-state index contributed by atoms with van der Waals surface area (Å²) < 4.78 is 5.54. The summed E-state index contributed by atoms with van der Waals surface area (Å²) in [5, 5.41) is 0. The van der Waals surface area contributed by atoms with E-state index in [1.54, 1.807) is 0 Å². The standard InChI is InChI=1S/C23H26O5/c1-4-21(28-13(2)24)23-10-7-14(25)11-18(23)19(26)12-15-16-5-6-20(27)22(16,3)9-8-17(15)23/h1,11,15-17,21H,5-10,12H2,2-3H3/t15-,16-,17-,21?,22-,23-/m0/s1. The molecule has 0 aliphatic heterocycles. The largest absolute Gasteiger partial charge is 0.448 e. The Morgan fingerprint density at radius 2 is 1.96 bits per heavy atom. The first kappa shape index (κ1) is 19.1. The minimum absolute atomic E-state index is 0.0360. The van der Waals surface area contributed by atoms with Crippen LogP contribution in [0.2, 0.25) is 0 Å². The zero-order chi connectivity index (χ0) is 20.3. The minimum Gasteiger partial charge on any atom is -0.448 e. The van der Waals surface area contributed by atoms with Crippen molar-refractivity contribution >= 4 is 23.3 Å². The molecule has 4 aliphatic carbocycles. The van der Waals surface area contributed by atoms with Gasteiger partial charge in [0.05, 0.1) is 5.41 Å². The Labute approximate surface area is 165 Å². The van der Waals surface area contributed by atoms with Crippen molar-refractivity contribution in [2.75, 3.05) is 0 Å². The summed E-state index contributed by atoms with van der Waals surface area (Å²) >= 11 is 0. The highest BCUT2D eigenvalue weighted by atomic mass is 16.5. The normalized spacial score (nSPS) is 40.5. The summed E-state index contributed by atoms with van der Waals surface area (Å²) in [6, 6.07) is 0. The Bertz CT molecular complexity index is 846. The predicted molar refractivity (Wildman–Crippen MR) is 101 cm³/mol. The number of esters is 1. The summed E-state index contributed by atoms with van der Waals surface area (Å²) in [5.74, 6) is 2.50. The fourth-order valence-electron chi connectivity index (χ4n) is 6.78. The molecular formula is C23H26O5. The number of hydrogen-bond donors (Lipinski definition) is 0. The summed E-state index contributed by atoms with van der Waals surface area (Å²) in [6.07, 6.45) is 10.3. The topological polar surface area (TPSA) is 77.5 Å². The van der Waals surface area contributed by atoms with Crippen LogP contribution in [0.4, 0.5) is 0 Å². The van der Waals surface area contributed by atoms with Gasteiger partial charge in [-0.05, 0) is 49.5 Å². The quantitative estimate of drug-likeness (QED) is 0.542. The van der Waals surface area contributed by atoms with Crippen molar-refractivity contribution in [3.05, 3.63) is 11.6 Å². The van der Waals surface area contributed by atoms with Gasteiger partial charge in [-0.25, -0.2) is 0 Å². The number of carbonyl (C=O) groups excluding carboxylic acids is 4. The molecule has 1 unspecified atom stereocenters. The molecule has 148 valence electrons. The van der Waals surface area contributed by atoms with Crippen LogP contribution >= 0.6 is 0 Å². The Morgan fingerprint density at radius 1 is 1.21 bits per heavy atom. The molecule has 3 saturated carbocycles. The van der Waals surface area contributed by atoms with Crippen LogP contribution in [-0.4, -0.2) is 29.4 Å². The lowest BCUT2D eigenvalue weighted by molar-refractivity contribution is -0.160. The maximum atomic E-state index is 13.2. The van der Waals surface area contributed by atoms with Gasteiger partial charge in [0.15, 0.2) is 17.7 Å². The van der Waals surface area contributed by atoms with E-state index in [1.807, 2.05) is 6.92 Å². The third kappa shape index (κ3) is 2.46. The lowest BCUT2D eigenvalue weighted by atomic mass is 9.45. The molecule has 6 atom stereocenters. The predicted octanol–water partition coefficient (Wildman–Crippen LogP) is 2.81. The van der Waals surface area contributed by atoms with Crippen LogP contribution in [0.1, 0.15) is 58.8 Å². The summed E-state index contributed by atoms with van der Waals surface area (Å²) in [5.41, 5.74) is -0.745. The van der Waals surface area contributed by atoms with Crippen LogP contribution in [0.15, 0.2) is 11.6 Å². The number of ether oxygens (including phenoxy) is 1. The van der Waals surface area contributed by atoms with Gasteiger partial charge in [-0.2, -0.15) is 0 Å². The van der Waals surface area contributed by atoms with Gasteiger partial charge in [-0.1, -0.05) is 12.8 Å². The van der Waals surface area contributed by atoms with E-state index in [-0.39, 0.29) is 34.7 Å². The number of carbonyl (C=O) groups is 4. The molecule has 0 N–H and O–H groups in total. The second-order valence-electron chi connectivity index (χ2n) is 9.14. The van der Waals surface area contributed by atoms with Crippen molar-refractivity contribution in [1.82, 2.24) is 0 Å². The average Bonchev–Trinajstić information content (AvgIpc) is 2.95. The van der Waals surface area contributed by atoms with E-state index in [0.717, 1.165) is 19.3 Å². The van der Waals surface area contributed by atoms with Gasteiger partial charge >= 0.3 is 5.97 Å². The van der Waals surface area contributed by atoms with Crippen molar-refractivity contribution < 1.29 is 23.9 Å². The molecule has 5 nitrogen and oxygen atoms in total. The number of hydrogen-bond acceptors (Lipinski definition) is 5. The number of rotatable bonds is 2. The monoisotopic (exact) mass is 382 g/mol. The van der Waals surface area contributed by atoms with Crippen molar-refractivity contribution in [3.63, 3.8) is 0 Å². The van der Waals surface area contributed by atoms with Crippen molar-refractivity contribution in [2.45, 2.75) is 64.9 Å².